The molecule has 0 unspecified atom stereocenters. The molecule has 0 atom stereocenters. The number of aromatic hydroxyl groups is 1. The summed E-state index contributed by atoms with van der Waals surface area (Å²) in [7, 11) is -3.44. The van der Waals surface area contributed by atoms with Gasteiger partial charge in [-0.1, -0.05) is 11.3 Å². The van der Waals surface area contributed by atoms with E-state index >= 15 is 0 Å². The number of hydrogen-bond donors (Lipinski definition) is 3. The topological polar surface area (TPSA) is 146 Å². The standard InChI is InChI=1S/C11H12N6O4S2/c1-6(18)12-8-5-7(3-4-9(8)19)13-14-10-15-16-11(22-10)17-23(2,20)21/h3-5,19H,1-2H3,(H,12,18)(H,16,17). The van der Waals surface area contributed by atoms with Crippen molar-refractivity contribution in [1.82, 2.24) is 10.2 Å². The zero-order valence-corrected chi connectivity index (χ0v) is 13.6. The Hall–Kier alpha value is -2.60. The van der Waals surface area contributed by atoms with Gasteiger partial charge in [0.25, 0.3) is 5.13 Å². The van der Waals surface area contributed by atoms with E-state index in [1.54, 1.807) is 0 Å². The Kier molecular flexibility index (Phi) is 4.86. The van der Waals surface area contributed by atoms with Gasteiger partial charge in [0.05, 0.1) is 17.6 Å². The molecule has 2 aromatic rings. The molecule has 0 saturated carbocycles. The largest absolute Gasteiger partial charge is 0.506 e. The van der Waals surface area contributed by atoms with Gasteiger partial charge in [-0.2, -0.15) is 0 Å². The lowest BCUT2D eigenvalue weighted by atomic mass is 10.2. The number of aromatic nitrogens is 2. The summed E-state index contributed by atoms with van der Waals surface area (Å²) in [6, 6.07) is 4.27. The van der Waals surface area contributed by atoms with E-state index in [1.165, 1.54) is 25.1 Å². The Balaban J connectivity index is 2.15. The number of carbonyl (C=O) groups is 1. The number of rotatable bonds is 5. The van der Waals surface area contributed by atoms with Gasteiger partial charge in [-0.3, -0.25) is 9.52 Å². The minimum atomic E-state index is -3.44. The van der Waals surface area contributed by atoms with Gasteiger partial charge in [0.15, 0.2) is 0 Å². The van der Waals surface area contributed by atoms with E-state index in [1.807, 2.05) is 0 Å². The number of anilines is 2. The zero-order valence-electron chi connectivity index (χ0n) is 12.0. The van der Waals surface area contributed by atoms with Gasteiger partial charge in [-0.15, -0.1) is 20.4 Å². The quantitative estimate of drug-likeness (QED) is 0.551. The number of phenols is 1. The molecule has 3 N–H and O–H groups in total. The monoisotopic (exact) mass is 356 g/mol. The Morgan fingerprint density at radius 1 is 1.30 bits per heavy atom. The highest BCUT2D eigenvalue weighted by molar-refractivity contribution is 7.92. The van der Waals surface area contributed by atoms with Crippen molar-refractivity contribution in [2.24, 2.45) is 10.2 Å². The smallest absolute Gasteiger partial charge is 0.253 e. The van der Waals surface area contributed by atoms with E-state index in [4.69, 9.17) is 0 Å². The third-order valence-corrected chi connectivity index (χ3v) is 3.65. The molecule has 1 aromatic carbocycles. The molecule has 122 valence electrons. The van der Waals surface area contributed by atoms with Crippen molar-refractivity contribution in [2.75, 3.05) is 16.3 Å². The van der Waals surface area contributed by atoms with E-state index in [2.05, 4.69) is 30.5 Å². The second-order valence-corrected chi connectivity index (χ2v) is 7.05. The Bertz CT molecular complexity index is 861. The molecular weight excluding hydrogens is 344 g/mol. The molecule has 10 nitrogen and oxygen atoms in total. The maximum atomic E-state index is 11.1. The van der Waals surface area contributed by atoms with Gasteiger partial charge in [0, 0.05) is 6.92 Å². The van der Waals surface area contributed by atoms with Crippen molar-refractivity contribution in [3.05, 3.63) is 18.2 Å². The predicted octanol–water partition coefficient (Wildman–Crippen LogP) is 1.99. The average Bonchev–Trinajstić information content (AvgIpc) is 2.84. The lowest BCUT2D eigenvalue weighted by molar-refractivity contribution is -0.114. The first kappa shape index (κ1) is 16.8. The van der Waals surface area contributed by atoms with Crippen LogP contribution in [0.25, 0.3) is 0 Å². The van der Waals surface area contributed by atoms with Crippen LogP contribution < -0.4 is 10.0 Å². The molecule has 12 heteroatoms. The summed E-state index contributed by atoms with van der Waals surface area (Å²) in [6.45, 7) is 1.31. The second kappa shape index (κ2) is 6.66. The molecule has 0 aliphatic rings. The van der Waals surface area contributed by atoms with Crippen LogP contribution in [0.5, 0.6) is 5.75 Å². The lowest BCUT2D eigenvalue weighted by Crippen LogP contribution is -2.08. The molecule has 0 aliphatic heterocycles. The molecular formula is C11H12N6O4S2. The number of sulfonamides is 1. The number of hydrogen-bond acceptors (Lipinski definition) is 9. The Morgan fingerprint density at radius 2 is 2.04 bits per heavy atom. The highest BCUT2D eigenvalue weighted by atomic mass is 32.2. The first-order chi connectivity index (χ1) is 10.7. The summed E-state index contributed by atoms with van der Waals surface area (Å²) < 4.78 is 24.3. The number of nitrogens with zero attached hydrogens (tertiary/aromatic N) is 4. The van der Waals surface area contributed by atoms with Gasteiger partial charge >= 0.3 is 0 Å². The first-order valence-electron chi connectivity index (χ1n) is 6.06. The summed E-state index contributed by atoms with van der Waals surface area (Å²) in [4.78, 5) is 11.0. The van der Waals surface area contributed by atoms with Crippen LogP contribution in [-0.4, -0.2) is 35.9 Å². The van der Waals surface area contributed by atoms with Gasteiger partial charge in [-0.05, 0) is 18.2 Å². The van der Waals surface area contributed by atoms with Crippen molar-refractivity contribution >= 4 is 48.9 Å². The van der Waals surface area contributed by atoms with Crippen molar-refractivity contribution in [3.8, 4) is 5.75 Å². The number of nitrogens with one attached hydrogen (secondary N) is 2. The van der Waals surface area contributed by atoms with Gasteiger partial charge < -0.3 is 10.4 Å². The molecule has 0 aliphatic carbocycles. The fourth-order valence-corrected chi connectivity index (χ4v) is 2.83. The fraction of sp³-hybridized carbons (Fsp3) is 0.182. The number of benzene rings is 1. The second-order valence-electron chi connectivity index (χ2n) is 4.35. The molecule has 0 fully saturated rings. The van der Waals surface area contributed by atoms with Crippen molar-refractivity contribution in [2.45, 2.75) is 6.92 Å². The fourth-order valence-electron chi connectivity index (χ4n) is 1.43. The van der Waals surface area contributed by atoms with Crippen LogP contribution >= 0.6 is 11.3 Å². The average molecular weight is 356 g/mol. The van der Waals surface area contributed by atoms with E-state index in [-0.39, 0.29) is 27.6 Å². The summed E-state index contributed by atoms with van der Waals surface area (Å²) in [6.07, 6.45) is 0.996. The van der Waals surface area contributed by atoms with Crippen LogP contribution in [0.15, 0.2) is 28.4 Å². The van der Waals surface area contributed by atoms with Crippen molar-refractivity contribution < 1.29 is 18.3 Å². The van der Waals surface area contributed by atoms with E-state index in [0.29, 0.717) is 5.69 Å². The lowest BCUT2D eigenvalue weighted by Gasteiger charge is -2.04. The van der Waals surface area contributed by atoms with E-state index in [0.717, 1.165) is 17.6 Å². The SMILES string of the molecule is CC(=O)Nc1cc(N=Nc2nnc(NS(C)(=O)=O)s2)ccc1O. The van der Waals surface area contributed by atoms with E-state index in [9.17, 15) is 18.3 Å². The number of azo groups is 1. The number of phenolic OH excluding ortho intramolecular Hbond substituents is 1. The molecule has 1 amide bonds. The number of amides is 1. The van der Waals surface area contributed by atoms with Crippen LogP contribution in [0.3, 0.4) is 0 Å². The Morgan fingerprint density at radius 3 is 2.70 bits per heavy atom. The third kappa shape index (κ3) is 5.27. The van der Waals surface area contributed by atoms with Crippen LogP contribution in [0.4, 0.5) is 21.6 Å². The molecule has 0 saturated heterocycles. The zero-order chi connectivity index (χ0) is 17.0. The minimum absolute atomic E-state index is 0.0751. The highest BCUT2D eigenvalue weighted by Crippen LogP contribution is 2.30. The minimum Gasteiger partial charge on any atom is -0.506 e. The van der Waals surface area contributed by atoms with Gasteiger partial charge in [0.2, 0.25) is 21.1 Å². The molecule has 23 heavy (non-hydrogen) atoms. The molecule has 1 aromatic heterocycles. The van der Waals surface area contributed by atoms with Crippen LogP contribution in [0.1, 0.15) is 6.92 Å². The normalized spacial score (nSPS) is 11.6. The highest BCUT2D eigenvalue weighted by Gasteiger charge is 2.08. The maximum absolute atomic E-state index is 11.1. The molecule has 0 radical (unpaired) electrons. The van der Waals surface area contributed by atoms with Gasteiger partial charge in [-0.25, -0.2) is 8.42 Å². The molecule has 0 bridgehead atoms. The number of carbonyl (C=O) groups excluding carboxylic acids is 1. The predicted molar refractivity (Wildman–Crippen MR) is 85.0 cm³/mol. The van der Waals surface area contributed by atoms with Crippen LogP contribution in [0, 0.1) is 0 Å². The van der Waals surface area contributed by atoms with Crippen LogP contribution in [0.2, 0.25) is 0 Å². The van der Waals surface area contributed by atoms with Crippen molar-refractivity contribution in [1.29, 1.82) is 0 Å². The van der Waals surface area contributed by atoms with Crippen LogP contribution in [-0.2, 0) is 14.8 Å². The Labute approximate surface area is 135 Å². The van der Waals surface area contributed by atoms with E-state index < -0.39 is 10.0 Å². The summed E-state index contributed by atoms with van der Waals surface area (Å²) >= 11 is 0.905. The van der Waals surface area contributed by atoms with Crippen molar-refractivity contribution in [3.63, 3.8) is 0 Å². The maximum Gasteiger partial charge on any atom is 0.253 e. The molecule has 0 spiro atoms. The third-order valence-electron chi connectivity index (χ3n) is 2.23. The first-order valence-corrected chi connectivity index (χ1v) is 8.77. The summed E-state index contributed by atoms with van der Waals surface area (Å²) in [5, 5.41) is 27.3. The molecule has 2 rings (SSSR count). The van der Waals surface area contributed by atoms with Gasteiger partial charge in [0.1, 0.15) is 5.75 Å². The summed E-state index contributed by atoms with van der Waals surface area (Å²) in [5.41, 5.74) is 0.560. The molecule has 1 heterocycles. The summed E-state index contributed by atoms with van der Waals surface area (Å²) in [5.74, 6) is -0.440.